The Morgan fingerprint density at radius 1 is 1.15 bits per heavy atom. The Labute approximate surface area is 121 Å². The highest BCUT2D eigenvalue weighted by atomic mass is 19.2. The predicted molar refractivity (Wildman–Crippen MR) is 79.5 cm³/mol. The molecule has 0 radical (unpaired) electrons. The molecule has 4 heteroatoms. The Morgan fingerprint density at radius 2 is 1.80 bits per heavy atom. The molecule has 1 atom stereocenters. The van der Waals surface area contributed by atoms with Crippen LogP contribution in [0, 0.1) is 17.6 Å². The first kappa shape index (κ1) is 17.1. The van der Waals surface area contributed by atoms with Crippen LogP contribution in [0.5, 0.6) is 0 Å². The van der Waals surface area contributed by atoms with E-state index >= 15 is 0 Å². The molecule has 0 heterocycles. The van der Waals surface area contributed by atoms with Gasteiger partial charge in [0.05, 0.1) is 0 Å². The topological polar surface area (TPSA) is 29.3 Å². The van der Waals surface area contributed by atoms with E-state index in [0.717, 1.165) is 19.2 Å². The van der Waals surface area contributed by atoms with Crippen LogP contribution in [0.15, 0.2) is 18.2 Å². The lowest BCUT2D eigenvalue weighted by molar-refractivity contribution is 0.190. The van der Waals surface area contributed by atoms with Gasteiger partial charge in [0.2, 0.25) is 0 Å². The zero-order valence-corrected chi connectivity index (χ0v) is 12.9. The van der Waals surface area contributed by atoms with Crippen LogP contribution in [0.1, 0.15) is 45.7 Å². The Balaban J connectivity index is 2.65. The predicted octanol–water partition coefficient (Wildman–Crippen LogP) is 3.72. The van der Waals surface area contributed by atoms with Gasteiger partial charge in [-0.2, -0.15) is 0 Å². The molecule has 0 spiro atoms. The van der Waals surface area contributed by atoms with E-state index in [1.54, 1.807) is 6.07 Å². The van der Waals surface area contributed by atoms with E-state index in [1.165, 1.54) is 6.07 Å². The van der Waals surface area contributed by atoms with Crippen LogP contribution in [-0.2, 0) is 0 Å². The van der Waals surface area contributed by atoms with E-state index < -0.39 is 17.7 Å². The van der Waals surface area contributed by atoms with Crippen molar-refractivity contribution in [1.82, 2.24) is 4.90 Å². The molecule has 20 heavy (non-hydrogen) atoms. The maximum Gasteiger partial charge on any atom is 0.163 e. The molecule has 1 unspecified atom stereocenters. The summed E-state index contributed by atoms with van der Waals surface area (Å²) in [4.78, 5) is 2.32. The Bertz CT molecular complexity index is 419. The van der Waals surface area contributed by atoms with Gasteiger partial charge in [-0.1, -0.05) is 26.0 Å². The third-order valence-corrected chi connectivity index (χ3v) is 3.44. The van der Waals surface area contributed by atoms with Crippen LogP contribution in [0.2, 0.25) is 0 Å². The highest BCUT2D eigenvalue weighted by molar-refractivity contribution is 5.22. The van der Waals surface area contributed by atoms with Crippen molar-refractivity contribution in [2.24, 2.45) is 11.7 Å². The summed E-state index contributed by atoms with van der Waals surface area (Å²) in [6, 6.07) is 4.12. The average Bonchev–Trinajstić information content (AvgIpc) is 2.36. The number of hydrogen-bond donors (Lipinski definition) is 1. The van der Waals surface area contributed by atoms with Gasteiger partial charge in [0, 0.05) is 30.7 Å². The highest BCUT2D eigenvalue weighted by Crippen LogP contribution is 2.20. The summed E-state index contributed by atoms with van der Waals surface area (Å²) in [5, 5.41) is 0. The van der Waals surface area contributed by atoms with E-state index in [9.17, 15) is 8.78 Å². The largest absolute Gasteiger partial charge is 0.324 e. The third kappa shape index (κ3) is 4.84. The lowest BCUT2D eigenvalue weighted by Crippen LogP contribution is -2.36. The van der Waals surface area contributed by atoms with Gasteiger partial charge in [-0.3, -0.25) is 0 Å². The standard InChI is InChI=1S/C16H26F2N2/c1-11(2)10-20(12(3)4)9-8-15(19)13-6-5-7-14(17)16(13)18/h5-7,11-12,15H,8-10,19H2,1-4H3. The van der Waals surface area contributed by atoms with E-state index in [-0.39, 0.29) is 5.56 Å². The van der Waals surface area contributed by atoms with E-state index in [0.29, 0.717) is 18.4 Å². The minimum absolute atomic E-state index is 0.262. The minimum atomic E-state index is -0.833. The lowest BCUT2D eigenvalue weighted by Gasteiger charge is -2.29. The SMILES string of the molecule is CC(C)CN(CCC(N)c1cccc(F)c1F)C(C)C. The summed E-state index contributed by atoms with van der Waals surface area (Å²) in [6.45, 7) is 10.4. The second kappa shape index (κ2) is 7.70. The van der Waals surface area contributed by atoms with E-state index in [2.05, 4.69) is 32.6 Å². The molecule has 0 amide bonds. The maximum absolute atomic E-state index is 13.7. The fourth-order valence-electron chi connectivity index (χ4n) is 2.30. The van der Waals surface area contributed by atoms with Crippen LogP contribution >= 0.6 is 0 Å². The Kier molecular flexibility index (Phi) is 6.56. The summed E-state index contributed by atoms with van der Waals surface area (Å²) in [6.07, 6.45) is 0.616. The van der Waals surface area contributed by atoms with Gasteiger partial charge in [0.1, 0.15) is 0 Å². The number of halogens is 2. The van der Waals surface area contributed by atoms with Crippen molar-refractivity contribution < 1.29 is 8.78 Å². The van der Waals surface area contributed by atoms with Gasteiger partial charge in [0.15, 0.2) is 11.6 Å². The molecule has 1 aromatic carbocycles. The van der Waals surface area contributed by atoms with Gasteiger partial charge in [-0.05, 0) is 32.3 Å². The zero-order chi connectivity index (χ0) is 15.3. The van der Waals surface area contributed by atoms with Gasteiger partial charge in [-0.15, -0.1) is 0 Å². The van der Waals surface area contributed by atoms with Crippen molar-refractivity contribution in [3.8, 4) is 0 Å². The molecule has 0 saturated carbocycles. The molecule has 2 N–H and O–H groups in total. The molecule has 114 valence electrons. The quantitative estimate of drug-likeness (QED) is 0.827. The minimum Gasteiger partial charge on any atom is -0.324 e. The Hall–Kier alpha value is -1.00. The summed E-state index contributed by atoms with van der Waals surface area (Å²) < 4.78 is 26.9. The first-order valence-electron chi connectivity index (χ1n) is 7.26. The Morgan fingerprint density at radius 3 is 2.35 bits per heavy atom. The van der Waals surface area contributed by atoms with Crippen molar-refractivity contribution in [3.63, 3.8) is 0 Å². The van der Waals surface area contributed by atoms with Crippen molar-refractivity contribution in [2.75, 3.05) is 13.1 Å². The van der Waals surface area contributed by atoms with E-state index in [4.69, 9.17) is 5.73 Å². The second-order valence-electron chi connectivity index (χ2n) is 6.02. The van der Waals surface area contributed by atoms with Crippen molar-refractivity contribution in [2.45, 2.75) is 46.2 Å². The monoisotopic (exact) mass is 284 g/mol. The number of nitrogens with two attached hydrogens (primary N) is 1. The average molecular weight is 284 g/mol. The lowest BCUT2D eigenvalue weighted by atomic mass is 10.0. The molecule has 0 saturated heterocycles. The van der Waals surface area contributed by atoms with Crippen molar-refractivity contribution >= 4 is 0 Å². The fourth-order valence-corrected chi connectivity index (χ4v) is 2.30. The molecule has 0 aliphatic carbocycles. The first-order chi connectivity index (χ1) is 9.32. The number of hydrogen-bond acceptors (Lipinski definition) is 2. The molecular formula is C16H26F2N2. The van der Waals surface area contributed by atoms with Crippen molar-refractivity contribution in [3.05, 3.63) is 35.4 Å². The molecule has 0 bridgehead atoms. The highest BCUT2D eigenvalue weighted by Gasteiger charge is 2.17. The third-order valence-electron chi connectivity index (χ3n) is 3.44. The zero-order valence-electron chi connectivity index (χ0n) is 12.9. The summed E-state index contributed by atoms with van der Waals surface area (Å²) in [5.41, 5.74) is 6.27. The first-order valence-corrected chi connectivity index (χ1v) is 7.26. The van der Waals surface area contributed by atoms with Crippen LogP contribution in [0.25, 0.3) is 0 Å². The van der Waals surface area contributed by atoms with Gasteiger partial charge in [0.25, 0.3) is 0 Å². The molecule has 0 fully saturated rings. The summed E-state index contributed by atoms with van der Waals surface area (Å²) in [7, 11) is 0. The fraction of sp³-hybridized carbons (Fsp3) is 0.625. The molecule has 2 nitrogen and oxygen atoms in total. The number of rotatable bonds is 7. The summed E-state index contributed by atoms with van der Waals surface area (Å²) in [5.74, 6) is -1.08. The maximum atomic E-state index is 13.7. The normalized spacial score (nSPS) is 13.5. The van der Waals surface area contributed by atoms with Crippen molar-refractivity contribution in [1.29, 1.82) is 0 Å². The second-order valence-corrected chi connectivity index (χ2v) is 6.02. The molecule has 0 aliphatic heterocycles. The van der Waals surface area contributed by atoms with Gasteiger partial charge in [-0.25, -0.2) is 8.78 Å². The van der Waals surface area contributed by atoms with Crippen LogP contribution < -0.4 is 5.73 Å². The van der Waals surface area contributed by atoms with Gasteiger partial charge >= 0.3 is 0 Å². The smallest absolute Gasteiger partial charge is 0.163 e. The summed E-state index contributed by atoms with van der Waals surface area (Å²) >= 11 is 0. The molecule has 0 aliphatic rings. The molecule has 1 aromatic rings. The van der Waals surface area contributed by atoms with Crippen LogP contribution in [-0.4, -0.2) is 24.0 Å². The van der Waals surface area contributed by atoms with Crippen LogP contribution in [0.3, 0.4) is 0 Å². The molecule has 0 aromatic heterocycles. The molecular weight excluding hydrogens is 258 g/mol. The number of nitrogens with zero attached hydrogens (tertiary/aromatic N) is 1. The van der Waals surface area contributed by atoms with E-state index in [1.807, 2.05) is 0 Å². The molecule has 1 rings (SSSR count). The number of benzene rings is 1. The van der Waals surface area contributed by atoms with Gasteiger partial charge < -0.3 is 10.6 Å². The van der Waals surface area contributed by atoms with Crippen LogP contribution in [0.4, 0.5) is 8.78 Å².